The highest BCUT2D eigenvalue weighted by Gasteiger charge is 2.37. The van der Waals surface area contributed by atoms with E-state index in [9.17, 15) is 35.9 Å². The molecule has 2 aromatic carbocycles. The Kier molecular flexibility index (Phi) is 7.79. The number of rotatable bonds is 8. The summed E-state index contributed by atoms with van der Waals surface area (Å²) in [6.45, 7) is 0.607. The van der Waals surface area contributed by atoms with Gasteiger partial charge < -0.3 is 5.32 Å². The molecule has 1 N–H and O–H groups in total. The summed E-state index contributed by atoms with van der Waals surface area (Å²) in [7, 11) is 0. The molecule has 4 aromatic rings. The number of aldehydes is 1. The number of benzene rings is 2. The van der Waals surface area contributed by atoms with Crippen molar-refractivity contribution >= 4 is 12.2 Å². The Hall–Kier alpha value is -4.55. The van der Waals surface area contributed by atoms with Gasteiger partial charge in [0.25, 0.3) is 5.82 Å². The van der Waals surface area contributed by atoms with Gasteiger partial charge in [-0.05, 0) is 54.8 Å². The Morgan fingerprint density at radius 1 is 1.08 bits per heavy atom. The summed E-state index contributed by atoms with van der Waals surface area (Å²) in [6, 6.07) is 8.64. The van der Waals surface area contributed by atoms with Gasteiger partial charge in [0.05, 0.1) is 17.3 Å². The minimum absolute atomic E-state index is 0.151. The second-order valence-electron chi connectivity index (χ2n) is 8.53. The molecule has 0 bridgehead atoms. The van der Waals surface area contributed by atoms with Crippen LogP contribution in [-0.4, -0.2) is 31.9 Å². The van der Waals surface area contributed by atoms with Gasteiger partial charge in [-0.15, -0.1) is 5.10 Å². The molecule has 0 aliphatic rings. The van der Waals surface area contributed by atoms with Gasteiger partial charge in [0.15, 0.2) is 6.29 Å². The van der Waals surface area contributed by atoms with E-state index in [0.717, 1.165) is 22.9 Å². The summed E-state index contributed by atoms with van der Waals surface area (Å²) in [4.78, 5) is 31.9. The molecule has 0 aliphatic heterocycles. The summed E-state index contributed by atoms with van der Waals surface area (Å²) in [5, 5.41) is 5.97. The molecule has 0 saturated heterocycles. The van der Waals surface area contributed by atoms with E-state index < -0.39 is 47.9 Å². The van der Waals surface area contributed by atoms with Crippen molar-refractivity contribution in [2.45, 2.75) is 32.1 Å². The van der Waals surface area contributed by atoms with Crippen molar-refractivity contribution < 1.29 is 35.9 Å². The topological polar surface area (TPSA) is 89.8 Å². The molecule has 7 nitrogen and oxygen atoms in total. The van der Waals surface area contributed by atoms with Crippen molar-refractivity contribution in [3.63, 3.8) is 0 Å². The molecule has 2 heterocycles. The third-order valence-corrected chi connectivity index (χ3v) is 5.70. The summed E-state index contributed by atoms with van der Waals surface area (Å²) in [5.74, 6) is -4.82. The van der Waals surface area contributed by atoms with Crippen molar-refractivity contribution in [2.75, 3.05) is 0 Å². The van der Waals surface area contributed by atoms with E-state index in [-0.39, 0.29) is 29.1 Å². The zero-order chi connectivity index (χ0) is 28.3. The molecule has 1 atom stereocenters. The van der Waals surface area contributed by atoms with Gasteiger partial charge in [-0.1, -0.05) is 12.1 Å². The Bertz CT molecular complexity index is 1520. The highest BCUT2D eigenvalue weighted by Crippen LogP contribution is 2.30. The van der Waals surface area contributed by atoms with Crippen LogP contribution < -0.4 is 5.32 Å². The molecule has 4 rings (SSSR count). The Balaban J connectivity index is 1.72. The smallest absolute Gasteiger partial charge is 0.346 e. The lowest BCUT2D eigenvalue weighted by Gasteiger charge is -2.22. The Morgan fingerprint density at radius 3 is 2.44 bits per heavy atom. The molecule has 1 unspecified atom stereocenters. The lowest BCUT2D eigenvalue weighted by molar-refractivity contribution is -0.145. The number of pyridine rings is 1. The minimum atomic E-state index is -4.81. The maximum Gasteiger partial charge on any atom is 0.453 e. The van der Waals surface area contributed by atoms with Crippen LogP contribution in [0.25, 0.3) is 11.1 Å². The third kappa shape index (κ3) is 6.48. The highest BCUT2D eigenvalue weighted by molar-refractivity contribution is 5.80. The van der Waals surface area contributed by atoms with Crippen LogP contribution in [0.4, 0.5) is 26.3 Å². The van der Waals surface area contributed by atoms with Gasteiger partial charge in [0.1, 0.15) is 29.8 Å². The lowest BCUT2D eigenvalue weighted by atomic mass is 9.94. The van der Waals surface area contributed by atoms with Crippen molar-refractivity contribution in [3.05, 3.63) is 101 Å². The van der Waals surface area contributed by atoms with Gasteiger partial charge >= 0.3 is 6.18 Å². The van der Waals surface area contributed by atoms with Crippen LogP contribution in [0, 0.1) is 24.4 Å². The fourth-order valence-corrected chi connectivity index (χ4v) is 3.99. The zero-order valence-corrected chi connectivity index (χ0v) is 20.1. The first-order chi connectivity index (χ1) is 18.4. The van der Waals surface area contributed by atoms with Crippen LogP contribution >= 0.6 is 0 Å². The zero-order valence-electron chi connectivity index (χ0n) is 20.1. The van der Waals surface area contributed by atoms with Gasteiger partial charge in [-0.3, -0.25) is 14.6 Å². The largest absolute Gasteiger partial charge is 0.453 e. The Labute approximate surface area is 217 Å². The van der Waals surface area contributed by atoms with Crippen LogP contribution in [-0.2, 0) is 23.9 Å². The van der Waals surface area contributed by atoms with Crippen LogP contribution in [0.2, 0.25) is 0 Å². The monoisotopic (exact) mass is 547 g/mol. The number of alkyl halides is 3. The average molecular weight is 547 g/mol. The predicted octanol–water partition coefficient (Wildman–Crippen LogP) is 5.00. The van der Waals surface area contributed by atoms with Crippen molar-refractivity contribution in [2.24, 2.45) is 0 Å². The number of carbonyl (C=O) groups is 2. The number of nitrogens with zero attached hydrogens (tertiary/aromatic N) is 4. The molecule has 0 saturated carbocycles. The number of carbonyl (C=O) groups excluding carboxylic acids is 2. The maximum absolute atomic E-state index is 13.9. The first-order valence-corrected chi connectivity index (χ1v) is 11.4. The van der Waals surface area contributed by atoms with Crippen molar-refractivity contribution in [1.82, 2.24) is 25.1 Å². The lowest BCUT2D eigenvalue weighted by Crippen LogP contribution is -2.34. The second-order valence-corrected chi connectivity index (χ2v) is 8.53. The van der Waals surface area contributed by atoms with E-state index in [1.807, 2.05) is 0 Å². The first kappa shape index (κ1) is 27.5. The van der Waals surface area contributed by atoms with Gasteiger partial charge in [-0.25, -0.2) is 22.8 Å². The standard InChI is InChI=1S/C26H19F6N5O2/c1-14-34-25(26(30,31)32)36-37(14)12-23(39)35-22(9-15-7-18(27)11-19(28)8-15)24-20(3-2-6-33-24)16-4-5-21(29)17(10-16)13-38/h2-8,10-11,13,22H,9,12H2,1H3,(H,35,39). The quantitative estimate of drug-likeness (QED) is 0.248. The third-order valence-electron chi connectivity index (χ3n) is 5.70. The Morgan fingerprint density at radius 2 is 1.79 bits per heavy atom. The summed E-state index contributed by atoms with van der Waals surface area (Å²) >= 11 is 0. The van der Waals surface area contributed by atoms with E-state index in [1.54, 1.807) is 12.1 Å². The molecule has 0 spiro atoms. The van der Waals surface area contributed by atoms with Gasteiger partial charge in [-0.2, -0.15) is 13.2 Å². The summed E-state index contributed by atoms with van der Waals surface area (Å²) in [5.41, 5.74) is 0.869. The number of halogens is 6. The normalized spacial score (nSPS) is 12.3. The fraction of sp³-hybridized carbons (Fsp3) is 0.192. The molecular weight excluding hydrogens is 528 g/mol. The fourth-order valence-electron chi connectivity index (χ4n) is 3.99. The maximum atomic E-state index is 13.9. The number of hydrogen-bond acceptors (Lipinski definition) is 5. The van der Waals surface area contributed by atoms with Crippen molar-refractivity contribution in [3.8, 4) is 11.1 Å². The number of hydrogen-bond donors (Lipinski definition) is 1. The molecule has 1 amide bonds. The van der Waals surface area contributed by atoms with Crippen LogP contribution in [0.15, 0.2) is 54.7 Å². The molecule has 13 heteroatoms. The molecule has 0 aliphatic carbocycles. The average Bonchev–Trinajstić information content (AvgIpc) is 3.24. The highest BCUT2D eigenvalue weighted by atomic mass is 19.4. The van der Waals surface area contributed by atoms with Gasteiger partial charge in [0, 0.05) is 17.8 Å². The molecule has 0 fully saturated rings. The summed E-state index contributed by atoms with van der Waals surface area (Å²) < 4.78 is 81.5. The van der Waals surface area contributed by atoms with E-state index >= 15 is 0 Å². The molecule has 39 heavy (non-hydrogen) atoms. The van der Waals surface area contributed by atoms with Crippen LogP contribution in [0.1, 0.15) is 39.3 Å². The van der Waals surface area contributed by atoms with E-state index in [2.05, 4.69) is 20.4 Å². The van der Waals surface area contributed by atoms with Crippen LogP contribution in [0.3, 0.4) is 0 Å². The van der Waals surface area contributed by atoms with E-state index in [1.165, 1.54) is 25.3 Å². The summed E-state index contributed by atoms with van der Waals surface area (Å²) in [6.07, 6.45) is -3.25. The number of aryl methyl sites for hydroxylation is 1. The SMILES string of the molecule is Cc1nc(C(F)(F)F)nn1CC(=O)NC(Cc1cc(F)cc(F)c1)c1ncccc1-c1ccc(F)c(C=O)c1. The van der Waals surface area contributed by atoms with Crippen LogP contribution in [0.5, 0.6) is 0 Å². The minimum Gasteiger partial charge on any atom is -0.346 e. The first-order valence-electron chi connectivity index (χ1n) is 11.4. The molecule has 0 radical (unpaired) electrons. The number of nitrogens with one attached hydrogen (secondary N) is 1. The van der Waals surface area contributed by atoms with Gasteiger partial charge in [0.2, 0.25) is 5.91 Å². The van der Waals surface area contributed by atoms with E-state index in [0.29, 0.717) is 23.5 Å². The molecule has 2 aromatic heterocycles. The van der Waals surface area contributed by atoms with Crippen molar-refractivity contribution in [1.29, 1.82) is 0 Å². The predicted molar refractivity (Wildman–Crippen MR) is 126 cm³/mol. The molecule has 202 valence electrons. The number of amides is 1. The number of aromatic nitrogens is 4. The van der Waals surface area contributed by atoms with E-state index in [4.69, 9.17) is 0 Å². The second kappa shape index (κ2) is 11.1. The molecular formula is C26H19F6N5O2.